The maximum atomic E-state index is 13.5. The van der Waals surface area contributed by atoms with Crippen LogP contribution in [0.3, 0.4) is 0 Å². The summed E-state index contributed by atoms with van der Waals surface area (Å²) in [5, 5.41) is 12.7. The number of H-pyrrole nitrogens is 1. The number of carbonyl (C=O) groups is 1. The van der Waals surface area contributed by atoms with E-state index in [0.717, 1.165) is 0 Å². The highest BCUT2D eigenvalue weighted by Crippen LogP contribution is 2.24. The molecule has 2 N–H and O–H groups in total. The summed E-state index contributed by atoms with van der Waals surface area (Å²) >= 11 is 0. The topological polar surface area (TPSA) is 105 Å². The maximum Gasteiger partial charge on any atom is 0.356 e. The SMILES string of the molecule is Cc1ccc(-c2noc(-c3[nH]cnc3C(=O)O)n2)cc1F. The van der Waals surface area contributed by atoms with E-state index >= 15 is 0 Å². The monoisotopic (exact) mass is 288 g/mol. The molecule has 0 radical (unpaired) electrons. The Balaban J connectivity index is 2.01. The first-order valence-electron chi connectivity index (χ1n) is 5.93. The zero-order valence-electron chi connectivity index (χ0n) is 10.8. The lowest BCUT2D eigenvalue weighted by atomic mass is 10.1. The molecule has 8 heteroatoms. The van der Waals surface area contributed by atoms with Gasteiger partial charge in [-0.3, -0.25) is 0 Å². The van der Waals surface area contributed by atoms with Crippen LogP contribution in [0.5, 0.6) is 0 Å². The van der Waals surface area contributed by atoms with Gasteiger partial charge in [0.25, 0.3) is 5.89 Å². The van der Waals surface area contributed by atoms with Gasteiger partial charge < -0.3 is 14.6 Å². The molecule has 0 aliphatic carbocycles. The molecule has 21 heavy (non-hydrogen) atoms. The third-order valence-electron chi connectivity index (χ3n) is 2.91. The Labute approximate surface area is 117 Å². The minimum atomic E-state index is -1.22. The van der Waals surface area contributed by atoms with Crippen molar-refractivity contribution in [1.29, 1.82) is 0 Å². The number of carboxylic acids is 1. The highest BCUT2D eigenvalue weighted by atomic mass is 19.1. The Hall–Kier alpha value is -3.03. The lowest BCUT2D eigenvalue weighted by Crippen LogP contribution is -1.99. The molecule has 0 spiro atoms. The molecule has 0 atom stereocenters. The Morgan fingerprint density at radius 2 is 2.24 bits per heavy atom. The third-order valence-corrected chi connectivity index (χ3v) is 2.91. The van der Waals surface area contributed by atoms with Crippen LogP contribution in [0.15, 0.2) is 29.0 Å². The predicted octanol–water partition coefficient (Wildman–Crippen LogP) is 2.27. The number of rotatable bonds is 3. The molecule has 0 aliphatic heterocycles. The van der Waals surface area contributed by atoms with Gasteiger partial charge in [-0.25, -0.2) is 14.2 Å². The molecular weight excluding hydrogens is 279 g/mol. The number of benzene rings is 1. The molecule has 0 aliphatic rings. The van der Waals surface area contributed by atoms with Crippen molar-refractivity contribution in [2.24, 2.45) is 0 Å². The average molecular weight is 288 g/mol. The van der Waals surface area contributed by atoms with E-state index in [0.29, 0.717) is 11.1 Å². The van der Waals surface area contributed by atoms with Gasteiger partial charge in [-0.15, -0.1) is 0 Å². The van der Waals surface area contributed by atoms with Crippen molar-refractivity contribution in [3.8, 4) is 23.0 Å². The summed E-state index contributed by atoms with van der Waals surface area (Å²) in [5.41, 5.74) is 0.822. The van der Waals surface area contributed by atoms with Crippen molar-refractivity contribution in [2.45, 2.75) is 6.92 Å². The molecule has 7 nitrogen and oxygen atoms in total. The van der Waals surface area contributed by atoms with E-state index in [1.165, 1.54) is 12.4 Å². The van der Waals surface area contributed by atoms with Gasteiger partial charge in [0, 0.05) is 5.56 Å². The smallest absolute Gasteiger partial charge is 0.356 e. The molecule has 2 heterocycles. The number of carboxylic acid groups (broad SMARTS) is 1. The van der Waals surface area contributed by atoms with Crippen molar-refractivity contribution in [1.82, 2.24) is 20.1 Å². The number of hydrogen-bond donors (Lipinski definition) is 2. The number of hydrogen-bond acceptors (Lipinski definition) is 5. The molecule has 0 amide bonds. The van der Waals surface area contributed by atoms with Gasteiger partial charge in [0.2, 0.25) is 5.82 Å². The van der Waals surface area contributed by atoms with Crippen LogP contribution in [0.25, 0.3) is 23.0 Å². The summed E-state index contributed by atoms with van der Waals surface area (Å²) in [7, 11) is 0. The van der Waals surface area contributed by atoms with Crippen LogP contribution < -0.4 is 0 Å². The Kier molecular flexibility index (Phi) is 2.98. The van der Waals surface area contributed by atoms with E-state index in [1.807, 2.05) is 0 Å². The minimum absolute atomic E-state index is 0.0270. The molecule has 3 aromatic rings. The molecule has 0 unspecified atom stereocenters. The summed E-state index contributed by atoms with van der Waals surface area (Å²) in [6, 6.07) is 4.53. The summed E-state index contributed by atoms with van der Waals surface area (Å²) < 4.78 is 18.5. The predicted molar refractivity (Wildman–Crippen MR) is 69.0 cm³/mol. The van der Waals surface area contributed by atoms with Crippen LogP contribution in [-0.4, -0.2) is 31.2 Å². The highest BCUT2D eigenvalue weighted by Gasteiger charge is 2.20. The molecule has 0 bridgehead atoms. The van der Waals surface area contributed by atoms with Crippen LogP contribution in [-0.2, 0) is 0 Å². The van der Waals surface area contributed by atoms with Crippen molar-refractivity contribution < 1.29 is 18.8 Å². The summed E-state index contributed by atoms with van der Waals surface area (Å²) in [4.78, 5) is 21.3. The fourth-order valence-electron chi connectivity index (χ4n) is 1.79. The molecule has 106 valence electrons. The van der Waals surface area contributed by atoms with Crippen molar-refractivity contribution in [3.63, 3.8) is 0 Å². The second kappa shape index (κ2) is 4.82. The van der Waals surface area contributed by atoms with Gasteiger partial charge in [0.15, 0.2) is 5.69 Å². The van der Waals surface area contributed by atoms with Crippen LogP contribution in [0.4, 0.5) is 4.39 Å². The van der Waals surface area contributed by atoms with Crippen LogP contribution >= 0.6 is 0 Å². The molecule has 0 saturated heterocycles. The third kappa shape index (κ3) is 2.27. The van der Waals surface area contributed by atoms with Crippen molar-refractivity contribution in [3.05, 3.63) is 41.6 Å². The van der Waals surface area contributed by atoms with Crippen LogP contribution in [0.2, 0.25) is 0 Å². The molecular formula is C13H9FN4O3. The Morgan fingerprint density at radius 1 is 1.43 bits per heavy atom. The number of aromatic nitrogens is 4. The van der Waals surface area contributed by atoms with E-state index in [-0.39, 0.29) is 28.9 Å². The number of aromatic amines is 1. The van der Waals surface area contributed by atoms with Gasteiger partial charge >= 0.3 is 5.97 Å². The van der Waals surface area contributed by atoms with Gasteiger partial charge in [-0.1, -0.05) is 17.3 Å². The number of aryl methyl sites for hydroxylation is 1. The van der Waals surface area contributed by atoms with Gasteiger partial charge in [-0.05, 0) is 18.6 Å². The number of halogens is 1. The summed E-state index contributed by atoms with van der Waals surface area (Å²) in [6.07, 6.45) is 1.22. The lowest BCUT2D eigenvalue weighted by molar-refractivity contribution is 0.0691. The number of imidazole rings is 1. The molecule has 1 aromatic carbocycles. The highest BCUT2D eigenvalue weighted by molar-refractivity contribution is 5.91. The van der Waals surface area contributed by atoms with E-state index in [4.69, 9.17) is 9.63 Å². The Bertz CT molecular complexity index is 824. The number of aromatic carboxylic acids is 1. The molecule has 0 saturated carbocycles. The van der Waals surface area contributed by atoms with Crippen LogP contribution in [0.1, 0.15) is 16.1 Å². The van der Waals surface area contributed by atoms with Gasteiger partial charge in [0.05, 0.1) is 6.33 Å². The average Bonchev–Trinajstić information content (AvgIpc) is 3.09. The lowest BCUT2D eigenvalue weighted by Gasteiger charge is -1.97. The quantitative estimate of drug-likeness (QED) is 0.766. The molecule has 3 rings (SSSR count). The van der Waals surface area contributed by atoms with Gasteiger partial charge in [-0.2, -0.15) is 4.98 Å². The molecule has 0 fully saturated rings. The number of nitrogens with one attached hydrogen (secondary N) is 1. The minimum Gasteiger partial charge on any atom is -0.476 e. The first-order valence-corrected chi connectivity index (χ1v) is 5.93. The fraction of sp³-hybridized carbons (Fsp3) is 0.0769. The van der Waals surface area contributed by atoms with Crippen molar-refractivity contribution in [2.75, 3.05) is 0 Å². The second-order valence-electron chi connectivity index (χ2n) is 4.32. The van der Waals surface area contributed by atoms with E-state index in [2.05, 4.69) is 20.1 Å². The zero-order valence-corrected chi connectivity index (χ0v) is 10.8. The van der Waals surface area contributed by atoms with E-state index < -0.39 is 5.97 Å². The van der Waals surface area contributed by atoms with Gasteiger partial charge in [0.1, 0.15) is 11.5 Å². The fourth-order valence-corrected chi connectivity index (χ4v) is 1.79. The second-order valence-corrected chi connectivity index (χ2v) is 4.32. The first-order chi connectivity index (χ1) is 10.1. The van der Waals surface area contributed by atoms with Crippen LogP contribution in [0, 0.1) is 12.7 Å². The summed E-state index contributed by atoms with van der Waals surface area (Å²) in [6.45, 7) is 1.64. The first kappa shape index (κ1) is 13.0. The summed E-state index contributed by atoms with van der Waals surface area (Å²) in [5.74, 6) is -1.46. The molecule has 2 aromatic heterocycles. The zero-order chi connectivity index (χ0) is 15.0. The number of nitrogens with zero attached hydrogens (tertiary/aromatic N) is 3. The largest absolute Gasteiger partial charge is 0.476 e. The van der Waals surface area contributed by atoms with E-state index in [1.54, 1.807) is 19.1 Å². The van der Waals surface area contributed by atoms with Crippen molar-refractivity contribution >= 4 is 5.97 Å². The normalized spacial score (nSPS) is 10.8. The Morgan fingerprint density at radius 3 is 2.95 bits per heavy atom. The standard InChI is InChI=1S/C13H9FN4O3/c1-6-2-3-7(4-8(6)14)11-17-12(21-18-11)9-10(13(19)20)16-5-15-9/h2-5H,1H3,(H,15,16)(H,19,20). The maximum absolute atomic E-state index is 13.5. The van der Waals surface area contributed by atoms with E-state index in [9.17, 15) is 9.18 Å².